The van der Waals surface area contributed by atoms with Gasteiger partial charge in [0.1, 0.15) is 0 Å². The minimum atomic E-state index is 0.611. The van der Waals surface area contributed by atoms with Crippen LogP contribution in [0.4, 0.5) is 0 Å². The molecule has 0 saturated heterocycles. The Labute approximate surface area is 133 Å². The molecule has 0 aliphatic carbocycles. The first-order valence-corrected chi connectivity index (χ1v) is 10.5. The first kappa shape index (κ1) is 16.5. The number of fused-ring (bicyclic) bond motifs is 1. The fourth-order valence-electron chi connectivity index (χ4n) is 1.84. The van der Waals surface area contributed by atoms with E-state index in [9.17, 15) is 0 Å². The maximum absolute atomic E-state index is 8.01. The number of hydrogen-bond acceptors (Lipinski definition) is 2. The predicted molar refractivity (Wildman–Crippen MR) is 86.6 cm³/mol. The van der Waals surface area contributed by atoms with Crippen LogP contribution >= 0.6 is 28.5 Å². The van der Waals surface area contributed by atoms with E-state index in [1.807, 2.05) is 30.3 Å². The first-order valence-electron chi connectivity index (χ1n) is 5.61. The van der Waals surface area contributed by atoms with E-state index in [0.29, 0.717) is 18.6 Å². The van der Waals surface area contributed by atoms with E-state index < -0.39 is 0 Å². The summed E-state index contributed by atoms with van der Waals surface area (Å²) in [6, 6.07) is 14.1. The Morgan fingerprint density at radius 2 is 1.74 bits per heavy atom. The van der Waals surface area contributed by atoms with E-state index in [-0.39, 0.29) is 0 Å². The molecule has 2 N–H and O–H groups in total. The zero-order valence-electron chi connectivity index (χ0n) is 10.1. The van der Waals surface area contributed by atoms with Crippen molar-refractivity contribution in [2.24, 2.45) is 0 Å². The number of benzene rings is 2. The molecule has 0 aliphatic heterocycles. The van der Waals surface area contributed by atoms with Crippen molar-refractivity contribution in [1.29, 1.82) is 10.8 Å². The van der Waals surface area contributed by atoms with Gasteiger partial charge in [-0.25, -0.2) is 0 Å². The van der Waals surface area contributed by atoms with Crippen molar-refractivity contribution in [3.05, 3.63) is 48.0 Å². The van der Waals surface area contributed by atoms with Gasteiger partial charge in [0.2, 0.25) is 0 Å². The molecular formula is C14H14Br2N2Ni. The quantitative estimate of drug-likeness (QED) is 0.489. The van der Waals surface area contributed by atoms with Crippen molar-refractivity contribution in [2.45, 2.75) is 12.8 Å². The Morgan fingerprint density at radius 3 is 2.42 bits per heavy atom. The predicted octanol–water partition coefficient (Wildman–Crippen LogP) is 5.33. The van der Waals surface area contributed by atoms with E-state index in [1.165, 1.54) is 22.5 Å². The summed E-state index contributed by atoms with van der Waals surface area (Å²) in [5.74, 6) is 0. The number of nitrogens with one attached hydrogen (secondary N) is 2. The molecule has 0 atom stereocenters. The fraction of sp³-hybridized carbons (Fsp3) is 0.143. The molecule has 0 spiro atoms. The second-order valence-corrected chi connectivity index (χ2v) is 8.78. The topological polar surface area (TPSA) is 47.7 Å². The van der Waals surface area contributed by atoms with Gasteiger partial charge in [-0.1, -0.05) is 42.5 Å². The zero-order valence-corrected chi connectivity index (χ0v) is 14.3. The second-order valence-electron chi connectivity index (χ2n) is 3.79. The molecule has 0 fully saturated rings. The molecule has 0 aliphatic rings. The molecule has 0 amide bonds. The number of rotatable bonds is 4. The van der Waals surface area contributed by atoms with Crippen molar-refractivity contribution in [2.75, 3.05) is 0 Å². The standard InChI is InChI=1S/C14H14N2.2BrH.Ni/c15-10-4-9-14(16)13-8-3-6-11-5-1-2-7-12(11)13;;;/h1-3,5-8,10,15-16H,4,9H2;2*1H;/q;;;+2/p-2. The van der Waals surface area contributed by atoms with Crippen molar-refractivity contribution >= 4 is 51.1 Å². The molecule has 0 heterocycles. The molecule has 2 aromatic carbocycles. The molecular weight excluding hydrogens is 415 g/mol. The normalized spacial score (nSPS) is 9.79. The van der Waals surface area contributed by atoms with Gasteiger partial charge >= 0.3 is 39.3 Å². The number of halogens is 2. The Bertz CT molecular complexity index is 553. The van der Waals surface area contributed by atoms with Gasteiger partial charge in [-0.05, 0) is 29.8 Å². The zero-order chi connectivity index (χ0) is 14.1. The van der Waals surface area contributed by atoms with Gasteiger partial charge in [0.15, 0.2) is 0 Å². The van der Waals surface area contributed by atoms with E-state index in [2.05, 4.69) is 40.6 Å². The summed E-state index contributed by atoms with van der Waals surface area (Å²) in [4.78, 5) is 0. The molecule has 5 heteroatoms. The van der Waals surface area contributed by atoms with Gasteiger partial charge in [-0.2, -0.15) is 0 Å². The SMILES string of the molecule is N=CCCC(=N)c1cccc2ccccc12.[Br][Ni][Br]. The van der Waals surface area contributed by atoms with Crippen LogP contribution in [0, 0.1) is 10.8 Å². The average molecular weight is 429 g/mol. The molecule has 0 saturated carbocycles. The Kier molecular flexibility index (Phi) is 8.19. The monoisotopic (exact) mass is 426 g/mol. The summed E-state index contributed by atoms with van der Waals surface area (Å²) >= 11 is 6.00. The van der Waals surface area contributed by atoms with Crippen LogP contribution in [0.15, 0.2) is 42.5 Å². The van der Waals surface area contributed by atoms with Gasteiger partial charge in [-0.3, -0.25) is 0 Å². The van der Waals surface area contributed by atoms with Crippen molar-refractivity contribution in [3.8, 4) is 0 Å². The van der Waals surface area contributed by atoms with Crippen LogP contribution in [0.5, 0.6) is 0 Å². The Hall–Kier alpha value is -0.506. The summed E-state index contributed by atoms with van der Waals surface area (Å²) < 4.78 is 0. The van der Waals surface area contributed by atoms with Crippen molar-refractivity contribution in [3.63, 3.8) is 0 Å². The maximum atomic E-state index is 8.01. The Morgan fingerprint density at radius 1 is 1.11 bits per heavy atom. The van der Waals surface area contributed by atoms with E-state index in [4.69, 9.17) is 10.8 Å². The fourth-order valence-corrected chi connectivity index (χ4v) is 1.84. The average Bonchev–Trinajstić information content (AvgIpc) is 2.45. The summed E-state index contributed by atoms with van der Waals surface area (Å²) in [5, 5.41) is 17.3. The molecule has 2 rings (SSSR count). The third kappa shape index (κ3) is 5.17. The summed E-state index contributed by atoms with van der Waals surface area (Å²) in [6.45, 7) is 0. The van der Waals surface area contributed by atoms with Crippen LogP contribution < -0.4 is 0 Å². The molecule has 0 aromatic heterocycles. The van der Waals surface area contributed by atoms with Crippen molar-refractivity contribution < 1.29 is 10.9 Å². The van der Waals surface area contributed by atoms with E-state index in [0.717, 1.165) is 10.9 Å². The van der Waals surface area contributed by atoms with Crippen LogP contribution in [0.1, 0.15) is 18.4 Å². The van der Waals surface area contributed by atoms with Crippen LogP contribution in [0.25, 0.3) is 10.8 Å². The summed E-state index contributed by atoms with van der Waals surface area (Å²) in [5.41, 5.74) is 1.60. The van der Waals surface area contributed by atoms with E-state index in [1.54, 1.807) is 0 Å². The van der Waals surface area contributed by atoms with E-state index >= 15 is 0 Å². The molecule has 2 nitrogen and oxygen atoms in total. The Balaban J connectivity index is 0.000000550. The third-order valence-corrected chi connectivity index (χ3v) is 2.65. The van der Waals surface area contributed by atoms with Gasteiger partial charge in [0, 0.05) is 11.3 Å². The second kappa shape index (κ2) is 9.41. The minimum absolute atomic E-state index is 0.611. The van der Waals surface area contributed by atoms with Gasteiger partial charge in [0.05, 0.1) is 0 Å². The van der Waals surface area contributed by atoms with Gasteiger partial charge in [-0.15, -0.1) is 0 Å². The van der Waals surface area contributed by atoms with Crippen LogP contribution in [-0.2, 0) is 10.9 Å². The van der Waals surface area contributed by atoms with Gasteiger partial charge in [0.25, 0.3) is 0 Å². The van der Waals surface area contributed by atoms with Crippen molar-refractivity contribution in [1.82, 2.24) is 0 Å². The van der Waals surface area contributed by atoms with Gasteiger partial charge < -0.3 is 10.8 Å². The molecule has 19 heavy (non-hydrogen) atoms. The third-order valence-electron chi connectivity index (χ3n) is 2.65. The molecule has 0 bridgehead atoms. The van der Waals surface area contributed by atoms with Crippen LogP contribution in [0.2, 0.25) is 0 Å². The number of hydrogen-bond donors (Lipinski definition) is 2. The molecule has 0 radical (unpaired) electrons. The van der Waals surface area contributed by atoms with Crippen LogP contribution in [0.3, 0.4) is 0 Å². The molecule has 104 valence electrons. The molecule has 0 unspecified atom stereocenters. The summed E-state index contributed by atoms with van der Waals surface area (Å²) in [6.07, 6.45) is 2.64. The van der Waals surface area contributed by atoms with Crippen LogP contribution in [-0.4, -0.2) is 11.9 Å². The molecule has 2 aromatic rings. The summed E-state index contributed by atoms with van der Waals surface area (Å²) in [7, 11) is 1.25. The first-order chi connectivity index (χ1) is 9.24.